The van der Waals surface area contributed by atoms with Crippen molar-refractivity contribution in [3.8, 4) is 11.1 Å². The van der Waals surface area contributed by atoms with E-state index >= 15 is 4.39 Å². The first kappa shape index (κ1) is 60.3. The number of rotatable bonds is 30. The number of aliphatic hydroxyl groups is 1. The average molecular weight is 1020 g/mol. The van der Waals surface area contributed by atoms with Crippen LogP contribution in [0.2, 0.25) is 0 Å². The van der Waals surface area contributed by atoms with E-state index in [1.165, 1.54) is 25.7 Å². The predicted octanol–water partition coefficient (Wildman–Crippen LogP) is 3.79. The van der Waals surface area contributed by atoms with Crippen LogP contribution in [0.25, 0.3) is 11.1 Å². The molecule has 6 atom stereocenters. The van der Waals surface area contributed by atoms with E-state index < -0.39 is 132 Å². The number of aliphatic carboxylic acids is 1. The van der Waals surface area contributed by atoms with E-state index in [1.807, 2.05) is 37.3 Å². The second kappa shape index (κ2) is 28.9. The van der Waals surface area contributed by atoms with Crippen LogP contribution in [0.1, 0.15) is 124 Å². The van der Waals surface area contributed by atoms with Crippen LogP contribution in [0.3, 0.4) is 0 Å². The highest BCUT2D eigenvalue weighted by molar-refractivity contribution is 5.97. The Morgan fingerprint density at radius 3 is 2.03 bits per heavy atom. The molecule has 3 aromatic rings. The topological polar surface area (TPSA) is 288 Å². The van der Waals surface area contributed by atoms with Gasteiger partial charge in [0.25, 0.3) is 0 Å². The summed E-state index contributed by atoms with van der Waals surface area (Å²) in [4.78, 5) is 119. The molecule has 0 aliphatic carbocycles. The van der Waals surface area contributed by atoms with E-state index in [0.717, 1.165) is 43.0 Å². The fourth-order valence-corrected chi connectivity index (χ4v) is 8.31. The molecule has 0 radical (unpaired) electrons. The number of unbranched alkanes of at least 4 members (excludes halogenated alkanes) is 3. The number of aromatic nitrogens is 1. The van der Waals surface area contributed by atoms with Crippen LogP contribution in [0.4, 0.5) is 8.78 Å². The summed E-state index contributed by atoms with van der Waals surface area (Å²) in [6, 6.07) is 7.58. The smallest absolute Gasteiger partial charge is 0.305 e. The number of hydrogen-bond donors (Lipinski definition) is 8. The lowest BCUT2D eigenvalue weighted by Gasteiger charge is -2.41. The Morgan fingerprint density at radius 2 is 1.42 bits per heavy atom. The third-order valence-electron chi connectivity index (χ3n) is 12.0. The maximum absolute atomic E-state index is 15.3. The number of amides is 7. The van der Waals surface area contributed by atoms with Crippen molar-refractivity contribution in [2.24, 2.45) is 17.1 Å². The van der Waals surface area contributed by atoms with Crippen molar-refractivity contribution >= 4 is 53.1 Å². The van der Waals surface area contributed by atoms with Gasteiger partial charge in [0.1, 0.15) is 36.4 Å². The largest absolute Gasteiger partial charge is 0.481 e. The van der Waals surface area contributed by atoms with Crippen molar-refractivity contribution < 1.29 is 62.1 Å². The molecular formula is C52H72F2N8O11. The Hall–Kier alpha value is -7.03. The number of carbonyl (C=O) groups excluding carboxylic acids is 8. The number of aliphatic hydroxyl groups excluding tert-OH is 1. The molecule has 0 saturated heterocycles. The number of carbonyl (C=O) groups is 9. The Bertz CT molecular complexity index is 2410. The van der Waals surface area contributed by atoms with Crippen LogP contribution >= 0.6 is 0 Å². The minimum atomic E-state index is -1.71. The number of benzene rings is 2. The van der Waals surface area contributed by atoms with Gasteiger partial charge in [0.15, 0.2) is 5.78 Å². The molecular weight excluding hydrogens is 951 g/mol. The van der Waals surface area contributed by atoms with E-state index in [-0.39, 0.29) is 37.2 Å². The number of nitrogens with two attached hydrogens (primary N) is 1. The highest BCUT2D eigenvalue weighted by Crippen LogP contribution is 2.41. The molecule has 1 heterocycles. The summed E-state index contributed by atoms with van der Waals surface area (Å²) in [5, 5.41) is 32.2. The van der Waals surface area contributed by atoms with Crippen LogP contribution in [0, 0.1) is 23.0 Å². The van der Waals surface area contributed by atoms with Crippen LogP contribution in [0.5, 0.6) is 0 Å². The maximum Gasteiger partial charge on any atom is 0.305 e. The molecule has 2 aromatic carbocycles. The molecule has 0 spiro atoms. The van der Waals surface area contributed by atoms with Crippen molar-refractivity contribution in [3.05, 3.63) is 83.7 Å². The average Bonchev–Trinajstić information content (AvgIpc) is 3.72. The normalized spacial score (nSPS) is 13.8. The quantitative estimate of drug-likeness (QED) is 0.0445. The zero-order valence-corrected chi connectivity index (χ0v) is 42.7. The molecule has 0 saturated carbocycles. The standard InChI is InChI=1S/C52H72F2N8O11/c1-8-9-10-14-17-39(58-33(4)64)50(72)57-32(3)43(65)24-31(2)48(70)60-41(27-44(55)66)51(73)59-40(49(71)56-22-20-46(68)69)21-23-62(45(67)30-63)47(52(5,6)7)42-25-35(37-26-36(53)18-19-38(37)54)29-61(42)28-34-15-12-11-13-16-34/h11-13,15-16,18-19,25-26,29,31-32,39-41,47,63H,8-10,14,17,20-24,27-28,30H2,1-7H3,(H2,55,66)(H,56,71)(H,57,72)(H,58,64)(H,59,73)(H,60,70)(H,68,69)/t31-,32+,39+,40+,41+,47+/m1/s1. The lowest BCUT2D eigenvalue weighted by molar-refractivity contribution is -0.141. The van der Waals surface area contributed by atoms with E-state index in [1.54, 1.807) is 37.6 Å². The SMILES string of the molecule is CCCCCC[C@H](NC(C)=O)C(=O)N[C@@H](C)C(=O)C[C@@H](C)C(=O)N[C@@H](CC(N)=O)C(=O)N[C@@H](CCN(C(=O)CO)[C@@H](c1cc(-c2cc(F)ccc2F)cn1Cc1ccccc1)C(C)(C)C)C(=O)NCCC(=O)O. The lowest BCUT2D eigenvalue weighted by Crippen LogP contribution is -2.56. The highest BCUT2D eigenvalue weighted by Gasteiger charge is 2.39. The first-order valence-electron chi connectivity index (χ1n) is 24.4. The summed E-state index contributed by atoms with van der Waals surface area (Å²) >= 11 is 0. The zero-order chi connectivity index (χ0) is 54.6. The predicted molar refractivity (Wildman–Crippen MR) is 267 cm³/mol. The zero-order valence-electron chi connectivity index (χ0n) is 42.7. The van der Waals surface area contributed by atoms with Gasteiger partial charge >= 0.3 is 5.97 Å². The minimum Gasteiger partial charge on any atom is -0.481 e. The molecule has 7 amide bonds. The van der Waals surface area contributed by atoms with E-state index in [4.69, 9.17) is 5.73 Å². The van der Waals surface area contributed by atoms with Gasteiger partial charge < -0.3 is 52.0 Å². The number of nitrogens with one attached hydrogen (secondary N) is 5. The lowest BCUT2D eigenvalue weighted by atomic mass is 9.82. The summed E-state index contributed by atoms with van der Waals surface area (Å²) in [7, 11) is 0. The first-order valence-corrected chi connectivity index (χ1v) is 24.4. The Labute approximate surface area is 424 Å². The van der Waals surface area contributed by atoms with Crippen LogP contribution in [-0.2, 0) is 49.7 Å². The Morgan fingerprint density at radius 1 is 0.781 bits per heavy atom. The van der Waals surface area contributed by atoms with E-state index in [2.05, 4.69) is 26.6 Å². The molecule has 0 bridgehead atoms. The van der Waals surface area contributed by atoms with Gasteiger partial charge in [-0.05, 0) is 55.0 Å². The number of hydrogen-bond acceptors (Lipinski definition) is 10. The van der Waals surface area contributed by atoms with Crippen molar-refractivity contribution in [3.63, 3.8) is 0 Å². The second-order valence-electron chi connectivity index (χ2n) is 19.3. The van der Waals surface area contributed by atoms with Gasteiger partial charge in [-0.3, -0.25) is 43.2 Å². The fourth-order valence-electron chi connectivity index (χ4n) is 8.31. The van der Waals surface area contributed by atoms with Gasteiger partial charge in [-0.15, -0.1) is 0 Å². The van der Waals surface area contributed by atoms with Crippen molar-refractivity contribution in [1.29, 1.82) is 0 Å². The van der Waals surface area contributed by atoms with Crippen LogP contribution < -0.4 is 32.3 Å². The number of primary amides is 1. The van der Waals surface area contributed by atoms with Crippen molar-refractivity contribution in [1.82, 2.24) is 36.1 Å². The third kappa shape index (κ3) is 19.5. The summed E-state index contributed by atoms with van der Waals surface area (Å²) in [5.41, 5.74) is 6.09. The molecule has 0 unspecified atom stereocenters. The molecule has 0 aliphatic rings. The molecule has 3 rings (SSSR count). The summed E-state index contributed by atoms with van der Waals surface area (Å²) in [5.74, 6) is -10.0. The number of nitrogens with zero attached hydrogens (tertiary/aromatic N) is 2. The van der Waals surface area contributed by atoms with Gasteiger partial charge in [-0.2, -0.15) is 0 Å². The molecule has 73 heavy (non-hydrogen) atoms. The number of ketones is 1. The molecule has 19 nitrogen and oxygen atoms in total. The Balaban J connectivity index is 1.94. The number of carboxylic acids is 1. The fraction of sp³-hybridized carbons (Fsp3) is 0.519. The number of halogens is 2. The van der Waals surface area contributed by atoms with Gasteiger partial charge in [0, 0.05) is 61.9 Å². The molecule has 400 valence electrons. The monoisotopic (exact) mass is 1020 g/mol. The van der Waals surface area contributed by atoms with Gasteiger partial charge in [0.2, 0.25) is 41.4 Å². The molecule has 9 N–H and O–H groups in total. The van der Waals surface area contributed by atoms with Gasteiger partial charge in [-0.25, -0.2) is 8.78 Å². The summed E-state index contributed by atoms with van der Waals surface area (Å²) in [6.07, 6.45) is 3.29. The maximum atomic E-state index is 15.3. The second-order valence-corrected chi connectivity index (χ2v) is 19.3. The molecule has 21 heteroatoms. The third-order valence-corrected chi connectivity index (χ3v) is 12.0. The number of Topliss-reactive ketones (excluding diaryl/α,β-unsaturated/α-hetero) is 1. The number of carboxylic acid groups (broad SMARTS) is 1. The van der Waals surface area contributed by atoms with Gasteiger partial charge in [0.05, 0.1) is 24.9 Å². The highest BCUT2D eigenvalue weighted by atomic mass is 19.1. The van der Waals surface area contributed by atoms with E-state index in [9.17, 15) is 57.8 Å². The first-order chi connectivity index (χ1) is 34.4. The molecule has 0 fully saturated rings. The molecule has 0 aliphatic heterocycles. The van der Waals surface area contributed by atoms with Crippen LogP contribution in [0.15, 0.2) is 60.8 Å². The van der Waals surface area contributed by atoms with Crippen molar-refractivity contribution in [2.75, 3.05) is 19.7 Å². The van der Waals surface area contributed by atoms with Crippen molar-refractivity contribution in [2.45, 2.75) is 143 Å². The Kier molecular flexibility index (Phi) is 23.8. The van der Waals surface area contributed by atoms with Crippen LogP contribution in [-0.4, -0.2) is 117 Å². The summed E-state index contributed by atoms with van der Waals surface area (Å²) < 4.78 is 31.6. The van der Waals surface area contributed by atoms with Gasteiger partial charge in [-0.1, -0.05) is 90.6 Å². The van der Waals surface area contributed by atoms with E-state index in [0.29, 0.717) is 18.5 Å². The summed E-state index contributed by atoms with van der Waals surface area (Å²) in [6.45, 7) is 9.98. The minimum absolute atomic E-state index is 0.0556. The molecule has 1 aromatic heterocycles.